The first kappa shape index (κ1) is 14.9. The van der Waals surface area contributed by atoms with Gasteiger partial charge in [0.15, 0.2) is 11.6 Å². The van der Waals surface area contributed by atoms with Crippen molar-refractivity contribution in [3.63, 3.8) is 0 Å². The summed E-state index contributed by atoms with van der Waals surface area (Å²) < 4.78 is 65.0. The Labute approximate surface area is 115 Å². The van der Waals surface area contributed by atoms with Crippen LogP contribution in [0.5, 0.6) is 0 Å². The number of amides is 1. The van der Waals surface area contributed by atoms with Crippen molar-refractivity contribution in [1.82, 2.24) is 9.78 Å². The molecule has 9 heteroatoms. The molecule has 1 aromatic carbocycles. The molecule has 0 radical (unpaired) electrons. The van der Waals surface area contributed by atoms with Crippen molar-refractivity contribution in [2.24, 2.45) is 7.05 Å². The van der Waals surface area contributed by atoms with Gasteiger partial charge in [0.1, 0.15) is 5.82 Å². The van der Waals surface area contributed by atoms with Gasteiger partial charge in [-0.3, -0.25) is 4.79 Å². The lowest BCUT2D eigenvalue weighted by Gasteiger charge is -2.06. The van der Waals surface area contributed by atoms with E-state index in [1.165, 1.54) is 12.1 Å². The first-order valence-electron chi connectivity index (χ1n) is 5.57. The molecule has 0 aliphatic rings. The van der Waals surface area contributed by atoms with Crippen LogP contribution in [0, 0.1) is 11.6 Å². The topological polar surface area (TPSA) is 46.9 Å². The molecule has 0 saturated carbocycles. The molecule has 0 spiro atoms. The number of hydrogen-bond donors (Lipinski definition) is 1. The summed E-state index contributed by atoms with van der Waals surface area (Å²) >= 11 is 0. The average molecular weight is 305 g/mol. The highest BCUT2D eigenvalue weighted by Crippen LogP contribution is 2.33. The third-order valence-corrected chi connectivity index (χ3v) is 2.61. The van der Waals surface area contributed by atoms with Crippen LogP contribution >= 0.6 is 0 Å². The van der Waals surface area contributed by atoms with Gasteiger partial charge in [0.05, 0.1) is 5.56 Å². The minimum absolute atomic E-state index is 0.424. The van der Waals surface area contributed by atoms with Crippen molar-refractivity contribution in [2.45, 2.75) is 6.18 Å². The van der Waals surface area contributed by atoms with Crippen molar-refractivity contribution in [2.75, 3.05) is 5.32 Å². The maximum atomic E-state index is 13.7. The molecule has 1 amide bonds. The Kier molecular flexibility index (Phi) is 3.67. The van der Waals surface area contributed by atoms with Crippen LogP contribution < -0.4 is 5.32 Å². The number of carbonyl (C=O) groups is 1. The highest BCUT2D eigenvalue weighted by atomic mass is 19.4. The third kappa shape index (κ3) is 2.86. The van der Waals surface area contributed by atoms with Gasteiger partial charge in [0.25, 0.3) is 5.91 Å². The van der Waals surface area contributed by atoms with E-state index in [1.54, 1.807) is 0 Å². The van der Waals surface area contributed by atoms with Crippen molar-refractivity contribution in [1.29, 1.82) is 0 Å². The van der Waals surface area contributed by atoms with Crippen molar-refractivity contribution >= 4 is 11.7 Å². The average Bonchev–Trinajstić information content (AvgIpc) is 2.67. The second-order valence-corrected chi connectivity index (χ2v) is 4.07. The maximum Gasteiger partial charge on any atom is 0.438 e. The molecular formula is C12H8F5N3O. The van der Waals surface area contributed by atoms with Gasteiger partial charge in [0, 0.05) is 7.05 Å². The molecule has 21 heavy (non-hydrogen) atoms. The second-order valence-electron chi connectivity index (χ2n) is 4.07. The Morgan fingerprint density at radius 3 is 2.38 bits per heavy atom. The molecule has 0 atom stereocenters. The fraction of sp³-hybridized carbons (Fsp3) is 0.167. The number of halogens is 5. The minimum Gasteiger partial charge on any atom is -0.304 e. The Morgan fingerprint density at radius 1 is 1.24 bits per heavy atom. The van der Waals surface area contributed by atoms with Gasteiger partial charge in [-0.05, 0) is 12.1 Å². The number of rotatable bonds is 2. The normalized spacial score (nSPS) is 11.5. The molecule has 0 bridgehead atoms. The van der Waals surface area contributed by atoms with Crippen LogP contribution in [0.1, 0.15) is 16.1 Å². The molecule has 0 fully saturated rings. The molecule has 112 valence electrons. The van der Waals surface area contributed by atoms with Crippen LogP contribution in [0.3, 0.4) is 0 Å². The predicted octanol–water partition coefficient (Wildman–Crippen LogP) is 2.97. The van der Waals surface area contributed by atoms with E-state index in [9.17, 15) is 26.7 Å². The number of carbonyl (C=O) groups excluding carboxylic acids is 1. The van der Waals surface area contributed by atoms with E-state index in [-0.39, 0.29) is 0 Å². The zero-order chi connectivity index (χ0) is 15.8. The summed E-state index contributed by atoms with van der Waals surface area (Å²) in [4.78, 5) is 11.8. The van der Waals surface area contributed by atoms with Crippen molar-refractivity contribution in [3.8, 4) is 0 Å². The fourth-order valence-corrected chi connectivity index (χ4v) is 1.64. The predicted molar refractivity (Wildman–Crippen MR) is 62.5 cm³/mol. The summed E-state index contributed by atoms with van der Waals surface area (Å²) in [5.41, 5.74) is -2.18. The van der Waals surface area contributed by atoms with Gasteiger partial charge >= 0.3 is 6.18 Å². The number of anilines is 1. The van der Waals surface area contributed by atoms with Crippen molar-refractivity contribution < 1.29 is 26.7 Å². The van der Waals surface area contributed by atoms with Gasteiger partial charge in [-0.25, -0.2) is 13.5 Å². The van der Waals surface area contributed by atoms with Gasteiger partial charge < -0.3 is 5.32 Å². The molecule has 0 aliphatic heterocycles. The largest absolute Gasteiger partial charge is 0.438 e. The highest BCUT2D eigenvalue weighted by molar-refractivity contribution is 6.04. The van der Waals surface area contributed by atoms with Gasteiger partial charge in [-0.2, -0.15) is 18.3 Å². The summed E-state index contributed by atoms with van der Waals surface area (Å²) in [5.74, 6) is -4.48. The lowest BCUT2D eigenvalue weighted by atomic mass is 10.2. The Balaban J connectivity index is 2.35. The van der Waals surface area contributed by atoms with Crippen LogP contribution in [-0.2, 0) is 13.2 Å². The molecule has 1 N–H and O–H groups in total. The monoisotopic (exact) mass is 305 g/mol. The summed E-state index contributed by atoms with van der Waals surface area (Å²) in [6.45, 7) is 0. The van der Waals surface area contributed by atoms with Crippen molar-refractivity contribution in [3.05, 3.63) is 47.2 Å². The molecule has 4 nitrogen and oxygen atoms in total. The Morgan fingerprint density at radius 2 is 1.86 bits per heavy atom. The Bertz CT molecular complexity index is 693. The van der Waals surface area contributed by atoms with E-state index in [1.807, 2.05) is 5.32 Å². The van der Waals surface area contributed by atoms with Gasteiger partial charge in [0.2, 0.25) is 5.69 Å². The quantitative estimate of drug-likeness (QED) is 0.867. The lowest BCUT2D eigenvalue weighted by molar-refractivity contribution is -0.143. The number of aromatic nitrogens is 2. The number of benzene rings is 1. The van der Waals surface area contributed by atoms with E-state index < -0.39 is 40.8 Å². The number of alkyl halides is 3. The molecule has 2 rings (SSSR count). The molecule has 2 aromatic rings. The van der Waals surface area contributed by atoms with E-state index in [4.69, 9.17) is 0 Å². The van der Waals surface area contributed by atoms with Crippen LogP contribution in [-0.4, -0.2) is 15.7 Å². The van der Waals surface area contributed by atoms with Crippen LogP contribution in [0.25, 0.3) is 0 Å². The molecule has 0 saturated heterocycles. The SMILES string of the molecule is Cn1nc(C(F)(F)F)c(F)c1NC(=O)c1ccccc1F. The molecule has 1 aromatic heterocycles. The molecule has 0 unspecified atom stereocenters. The second kappa shape index (κ2) is 5.15. The highest BCUT2D eigenvalue weighted by Gasteiger charge is 2.40. The summed E-state index contributed by atoms with van der Waals surface area (Å²) in [6, 6.07) is 4.80. The third-order valence-electron chi connectivity index (χ3n) is 2.61. The van der Waals surface area contributed by atoms with Crippen LogP contribution in [0.4, 0.5) is 27.8 Å². The zero-order valence-corrected chi connectivity index (χ0v) is 10.5. The van der Waals surface area contributed by atoms with E-state index in [0.717, 1.165) is 19.2 Å². The summed E-state index contributed by atoms with van der Waals surface area (Å²) in [5, 5.41) is 4.83. The summed E-state index contributed by atoms with van der Waals surface area (Å²) in [7, 11) is 1.02. The lowest BCUT2D eigenvalue weighted by Crippen LogP contribution is -2.16. The molecular weight excluding hydrogens is 297 g/mol. The van der Waals surface area contributed by atoms with Gasteiger partial charge in [-0.1, -0.05) is 12.1 Å². The summed E-state index contributed by atoms with van der Waals surface area (Å²) in [6.07, 6.45) is -5.00. The smallest absolute Gasteiger partial charge is 0.304 e. The molecule has 0 aliphatic carbocycles. The molecule has 1 heterocycles. The van der Waals surface area contributed by atoms with Crippen LogP contribution in [0.2, 0.25) is 0 Å². The standard InChI is InChI=1S/C12H8F5N3O/c1-20-10(8(14)9(19-20)12(15,16)17)18-11(21)6-4-2-3-5-7(6)13/h2-5H,1H3,(H,18,21). The van der Waals surface area contributed by atoms with Crippen LogP contribution in [0.15, 0.2) is 24.3 Å². The number of hydrogen-bond acceptors (Lipinski definition) is 2. The number of nitrogens with one attached hydrogen (secondary N) is 1. The van der Waals surface area contributed by atoms with E-state index in [0.29, 0.717) is 4.68 Å². The number of aryl methyl sites for hydroxylation is 1. The van der Waals surface area contributed by atoms with E-state index >= 15 is 0 Å². The first-order chi connectivity index (χ1) is 9.71. The number of nitrogens with zero attached hydrogens (tertiary/aromatic N) is 2. The van der Waals surface area contributed by atoms with E-state index in [2.05, 4.69) is 5.10 Å². The maximum absolute atomic E-state index is 13.7. The van der Waals surface area contributed by atoms with Gasteiger partial charge in [-0.15, -0.1) is 0 Å². The first-order valence-corrected chi connectivity index (χ1v) is 5.57. The Hall–Kier alpha value is -2.45. The minimum atomic E-state index is -5.00. The fourth-order valence-electron chi connectivity index (χ4n) is 1.64. The zero-order valence-electron chi connectivity index (χ0n) is 10.5.